The monoisotopic (exact) mass is 249 g/mol. The highest BCUT2D eigenvalue weighted by Crippen LogP contribution is 2.25. The van der Waals surface area contributed by atoms with Crippen LogP contribution >= 0.6 is 11.8 Å². The summed E-state index contributed by atoms with van der Waals surface area (Å²) in [6.07, 6.45) is 19.4. The van der Waals surface area contributed by atoms with Crippen LogP contribution in [0.4, 0.5) is 0 Å². The summed E-state index contributed by atoms with van der Waals surface area (Å²) in [5.41, 5.74) is 0. The second-order valence-corrected chi connectivity index (χ2v) is 4.89. The fourth-order valence-corrected chi connectivity index (χ4v) is 2.31. The summed E-state index contributed by atoms with van der Waals surface area (Å²) in [7, 11) is 0. The Balaban J connectivity index is 2.27. The van der Waals surface area contributed by atoms with Crippen LogP contribution in [0.3, 0.4) is 0 Å². The Bertz CT molecular complexity index is 335. The number of allylic oxidation sites excluding steroid dienone is 6. The summed E-state index contributed by atoms with van der Waals surface area (Å²) in [6, 6.07) is 0. The minimum Gasteiger partial charge on any atom is -0.220 e. The second-order valence-electron chi connectivity index (χ2n) is 4.42. The van der Waals surface area contributed by atoms with Crippen molar-refractivity contribution < 1.29 is 0 Å². The minimum atomic E-state index is 0.641. The lowest BCUT2D eigenvalue weighted by atomic mass is 9.87. The molecular formula is C15H20ClN. The van der Waals surface area contributed by atoms with Crippen molar-refractivity contribution in [1.82, 2.24) is 4.42 Å². The van der Waals surface area contributed by atoms with Crippen LogP contribution in [0.1, 0.15) is 19.8 Å². The molecule has 0 aromatic carbocycles. The molecule has 1 aliphatic heterocycles. The van der Waals surface area contributed by atoms with Gasteiger partial charge in [-0.15, -0.1) is 6.42 Å². The predicted octanol–water partition coefficient (Wildman–Crippen LogP) is 3.79. The van der Waals surface area contributed by atoms with Crippen molar-refractivity contribution in [2.45, 2.75) is 19.8 Å². The molecule has 17 heavy (non-hydrogen) atoms. The van der Waals surface area contributed by atoms with Gasteiger partial charge in [0.25, 0.3) is 0 Å². The Kier molecular flexibility index (Phi) is 6.77. The summed E-state index contributed by atoms with van der Waals surface area (Å²) in [5.74, 6) is 3.76. The van der Waals surface area contributed by atoms with Crippen LogP contribution in [-0.4, -0.2) is 17.5 Å². The van der Waals surface area contributed by atoms with E-state index in [1.165, 1.54) is 0 Å². The molecule has 2 atom stereocenters. The average molecular weight is 250 g/mol. The number of nitrogens with zero attached hydrogens (tertiary/aromatic N) is 1. The quantitative estimate of drug-likeness (QED) is 0.317. The molecule has 92 valence electrons. The molecule has 1 nitrogen and oxygen atoms in total. The molecule has 1 rings (SSSR count). The van der Waals surface area contributed by atoms with Gasteiger partial charge >= 0.3 is 0 Å². The van der Waals surface area contributed by atoms with E-state index in [0.717, 1.165) is 25.9 Å². The number of hydrogen-bond acceptors (Lipinski definition) is 1. The van der Waals surface area contributed by atoms with E-state index < -0.39 is 0 Å². The van der Waals surface area contributed by atoms with E-state index >= 15 is 0 Å². The Morgan fingerprint density at radius 3 is 2.94 bits per heavy atom. The largest absolute Gasteiger partial charge is 0.220 e. The van der Waals surface area contributed by atoms with Crippen LogP contribution in [0.5, 0.6) is 0 Å². The molecule has 0 amide bonds. The first-order chi connectivity index (χ1) is 8.24. The molecule has 0 aromatic heterocycles. The molecular weight excluding hydrogens is 230 g/mol. The molecule has 2 unspecified atom stereocenters. The second kappa shape index (κ2) is 8.17. The van der Waals surface area contributed by atoms with E-state index in [-0.39, 0.29) is 0 Å². The van der Waals surface area contributed by atoms with E-state index in [0.29, 0.717) is 11.8 Å². The molecule has 0 aromatic rings. The summed E-state index contributed by atoms with van der Waals surface area (Å²) in [6.45, 7) is 4.23. The fourth-order valence-electron chi connectivity index (χ4n) is 2.00. The maximum Gasteiger partial charge on any atom is 0.0170 e. The molecule has 0 N–H and O–H groups in total. The Morgan fingerprint density at radius 2 is 2.24 bits per heavy atom. The molecule has 0 bridgehead atoms. The lowest BCUT2D eigenvalue weighted by Gasteiger charge is -2.31. The third kappa shape index (κ3) is 5.77. The number of terminal acetylenes is 1. The molecule has 0 saturated carbocycles. The van der Waals surface area contributed by atoms with Crippen molar-refractivity contribution in [2.24, 2.45) is 11.8 Å². The minimum absolute atomic E-state index is 0.641. The van der Waals surface area contributed by atoms with Gasteiger partial charge in [-0.25, -0.2) is 4.42 Å². The van der Waals surface area contributed by atoms with Gasteiger partial charge in [-0.1, -0.05) is 43.2 Å². The normalized spacial score (nSPS) is 27.1. The number of rotatable bonds is 4. The predicted molar refractivity (Wildman–Crippen MR) is 75.6 cm³/mol. The van der Waals surface area contributed by atoms with Gasteiger partial charge in [0.15, 0.2) is 0 Å². The van der Waals surface area contributed by atoms with E-state index in [1.54, 1.807) is 6.08 Å². The lowest BCUT2D eigenvalue weighted by Crippen LogP contribution is -2.32. The number of piperidine rings is 1. The van der Waals surface area contributed by atoms with Gasteiger partial charge in [0.2, 0.25) is 0 Å². The average Bonchev–Trinajstić information content (AvgIpc) is 2.30. The van der Waals surface area contributed by atoms with Crippen molar-refractivity contribution in [3.8, 4) is 12.3 Å². The van der Waals surface area contributed by atoms with Crippen molar-refractivity contribution >= 4 is 11.8 Å². The number of halogens is 1. The van der Waals surface area contributed by atoms with Gasteiger partial charge in [0, 0.05) is 13.1 Å². The Morgan fingerprint density at radius 1 is 1.41 bits per heavy atom. The van der Waals surface area contributed by atoms with Crippen LogP contribution in [0.15, 0.2) is 36.5 Å². The van der Waals surface area contributed by atoms with Crippen LogP contribution in [-0.2, 0) is 0 Å². The van der Waals surface area contributed by atoms with Crippen LogP contribution < -0.4 is 0 Å². The summed E-state index contributed by atoms with van der Waals surface area (Å²) in [4.78, 5) is 0. The zero-order chi connectivity index (χ0) is 12.5. The fraction of sp³-hybridized carbons (Fsp3) is 0.467. The maximum atomic E-state index is 5.98. The van der Waals surface area contributed by atoms with Gasteiger partial charge < -0.3 is 0 Å². The standard InChI is InChI=1S/C15H20ClN/c1-3-4-5-6-7-8-9-10-15-11-12-17(16)13-14(15)2/h1,4-7,9-10,14-15H,8,11-13H2,2H3/b5-4-,7-6-,10-9-. The summed E-state index contributed by atoms with van der Waals surface area (Å²) < 4.78 is 1.89. The smallest absolute Gasteiger partial charge is 0.0170 e. The third-order valence-corrected chi connectivity index (χ3v) is 3.32. The SMILES string of the molecule is C#C/C=C\C=C/C/C=C\C1CCN(Cl)CC1C. The summed E-state index contributed by atoms with van der Waals surface area (Å²) >= 11 is 5.98. The molecule has 0 aliphatic carbocycles. The molecule has 0 spiro atoms. The van der Waals surface area contributed by atoms with Gasteiger partial charge in [-0.05, 0) is 42.5 Å². The molecule has 2 heteroatoms. The van der Waals surface area contributed by atoms with Crippen molar-refractivity contribution in [3.05, 3.63) is 36.5 Å². The van der Waals surface area contributed by atoms with Crippen LogP contribution in [0.2, 0.25) is 0 Å². The first-order valence-corrected chi connectivity index (χ1v) is 6.43. The molecule has 1 fully saturated rings. The Labute approximate surface area is 110 Å². The highest BCUT2D eigenvalue weighted by atomic mass is 35.5. The van der Waals surface area contributed by atoms with E-state index in [1.807, 2.05) is 16.6 Å². The molecule has 0 radical (unpaired) electrons. The highest BCUT2D eigenvalue weighted by molar-refractivity contribution is 6.13. The topological polar surface area (TPSA) is 3.24 Å². The van der Waals surface area contributed by atoms with Gasteiger partial charge in [-0.3, -0.25) is 0 Å². The lowest BCUT2D eigenvalue weighted by molar-refractivity contribution is 0.239. The van der Waals surface area contributed by atoms with Gasteiger partial charge in [-0.2, -0.15) is 0 Å². The molecule has 1 heterocycles. The highest BCUT2D eigenvalue weighted by Gasteiger charge is 2.22. The maximum absolute atomic E-state index is 5.98. The van der Waals surface area contributed by atoms with Crippen molar-refractivity contribution in [2.75, 3.05) is 13.1 Å². The zero-order valence-electron chi connectivity index (χ0n) is 10.3. The zero-order valence-corrected chi connectivity index (χ0v) is 11.1. The van der Waals surface area contributed by atoms with E-state index in [2.05, 4.69) is 31.1 Å². The molecule has 1 aliphatic rings. The third-order valence-electron chi connectivity index (χ3n) is 3.02. The van der Waals surface area contributed by atoms with E-state index in [9.17, 15) is 0 Å². The van der Waals surface area contributed by atoms with Crippen molar-refractivity contribution in [3.63, 3.8) is 0 Å². The van der Waals surface area contributed by atoms with E-state index in [4.69, 9.17) is 18.2 Å². The van der Waals surface area contributed by atoms with Crippen molar-refractivity contribution in [1.29, 1.82) is 0 Å². The first-order valence-electron chi connectivity index (χ1n) is 6.09. The Hall–Kier alpha value is -0.970. The first kappa shape index (κ1) is 14.1. The summed E-state index contributed by atoms with van der Waals surface area (Å²) in [5, 5.41) is 0. The van der Waals surface area contributed by atoms with Gasteiger partial charge in [0.1, 0.15) is 0 Å². The number of hydrogen-bond donors (Lipinski definition) is 0. The van der Waals surface area contributed by atoms with Crippen LogP contribution in [0, 0.1) is 24.2 Å². The van der Waals surface area contributed by atoms with Gasteiger partial charge in [0.05, 0.1) is 0 Å². The molecule has 1 saturated heterocycles. The van der Waals surface area contributed by atoms with Crippen LogP contribution in [0.25, 0.3) is 0 Å².